The van der Waals surface area contributed by atoms with Crippen LogP contribution in [0.1, 0.15) is 39.2 Å². The van der Waals surface area contributed by atoms with Gasteiger partial charge >= 0.3 is 0 Å². The summed E-state index contributed by atoms with van der Waals surface area (Å²) < 4.78 is 0. The first kappa shape index (κ1) is 16.7. The van der Waals surface area contributed by atoms with Gasteiger partial charge in [0.05, 0.1) is 11.8 Å². The van der Waals surface area contributed by atoms with Crippen molar-refractivity contribution < 1.29 is 0 Å². The van der Waals surface area contributed by atoms with Gasteiger partial charge in [-0.25, -0.2) is 0 Å². The normalized spacial score (nSPS) is 13.2. The van der Waals surface area contributed by atoms with Gasteiger partial charge in [0.1, 0.15) is 0 Å². The number of amidine groups is 1. The van der Waals surface area contributed by atoms with Gasteiger partial charge in [-0.2, -0.15) is 0 Å². The molecule has 0 saturated heterocycles. The van der Waals surface area contributed by atoms with E-state index in [-0.39, 0.29) is 11.8 Å². The van der Waals surface area contributed by atoms with Crippen LogP contribution in [0, 0.1) is 17.2 Å². The fourth-order valence-corrected chi connectivity index (χ4v) is 2.58. The molecule has 0 saturated carbocycles. The van der Waals surface area contributed by atoms with Crippen LogP contribution in [0.3, 0.4) is 0 Å². The summed E-state index contributed by atoms with van der Waals surface area (Å²) in [5, 5.41) is 7.90. The molecule has 0 radical (unpaired) electrons. The minimum Gasteiger partial charge on any atom is -0.387 e. The third-order valence-electron chi connectivity index (χ3n) is 3.26. The number of nitrogens with two attached hydrogens (primary N) is 1. The Balaban J connectivity index is 2.83. The standard InChI is InChI=1S/C17H29N3/c1-13(2)10-20(11-14(3)4)12-16(17(18)19)15-8-6-5-7-9-15/h5-9,13-14,16H,10-12H2,1-4H3,(H3,18,19). The highest BCUT2D eigenvalue weighted by molar-refractivity contribution is 5.84. The minimum atomic E-state index is -0.00583. The first-order valence-corrected chi connectivity index (χ1v) is 7.51. The van der Waals surface area contributed by atoms with E-state index < -0.39 is 0 Å². The first-order chi connectivity index (χ1) is 9.40. The Hall–Kier alpha value is -1.35. The van der Waals surface area contributed by atoms with Gasteiger partial charge in [-0.05, 0) is 17.4 Å². The molecule has 0 amide bonds. The van der Waals surface area contributed by atoms with Crippen LogP contribution in [-0.4, -0.2) is 30.4 Å². The Bertz CT molecular complexity index is 388. The van der Waals surface area contributed by atoms with Crippen molar-refractivity contribution in [2.24, 2.45) is 17.6 Å². The molecule has 1 atom stereocenters. The maximum Gasteiger partial charge on any atom is 0.0995 e. The topological polar surface area (TPSA) is 53.1 Å². The second kappa shape index (κ2) is 8.05. The van der Waals surface area contributed by atoms with E-state index >= 15 is 0 Å². The third kappa shape index (κ3) is 5.74. The number of rotatable bonds is 8. The zero-order valence-electron chi connectivity index (χ0n) is 13.3. The molecule has 0 aliphatic carbocycles. The van der Waals surface area contributed by atoms with Gasteiger partial charge in [0.15, 0.2) is 0 Å². The van der Waals surface area contributed by atoms with Crippen molar-refractivity contribution in [2.45, 2.75) is 33.6 Å². The molecule has 0 aromatic heterocycles. The maximum atomic E-state index is 7.90. The van der Waals surface area contributed by atoms with E-state index in [4.69, 9.17) is 11.1 Å². The summed E-state index contributed by atoms with van der Waals surface area (Å²) in [5.41, 5.74) is 6.97. The highest BCUT2D eigenvalue weighted by atomic mass is 15.1. The second-order valence-electron chi connectivity index (χ2n) is 6.42. The molecule has 1 unspecified atom stereocenters. The summed E-state index contributed by atoms with van der Waals surface area (Å²) in [7, 11) is 0. The van der Waals surface area contributed by atoms with Crippen molar-refractivity contribution in [1.82, 2.24) is 4.90 Å². The lowest BCUT2D eigenvalue weighted by Gasteiger charge is -2.30. The molecule has 0 heterocycles. The summed E-state index contributed by atoms with van der Waals surface area (Å²) in [5.74, 6) is 1.50. The molecule has 1 aromatic rings. The van der Waals surface area contributed by atoms with Crippen molar-refractivity contribution in [3.63, 3.8) is 0 Å². The molecular weight excluding hydrogens is 246 g/mol. The van der Waals surface area contributed by atoms with Crippen molar-refractivity contribution >= 4 is 5.84 Å². The molecule has 0 aliphatic rings. The minimum absolute atomic E-state index is 0.00583. The summed E-state index contributed by atoms with van der Waals surface area (Å²) in [4.78, 5) is 2.44. The Morgan fingerprint density at radius 2 is 1.50 bits per heavy atom. The predicted octanol–water partition coefficient (Wildman–Crippen LogP) is 3.32. The average molecular weight is 275 g/mol. The van der Waals surface area contributed by atoms with E-state index in [2.05, 4.69) is 44.7 Å². The fraction of sp³-hybridized carbons (Fsp3) is 0.588. The highest BCUT2D eigenvalue weighted by Crippen LogP contribution is 2.18. The second-order valence-corrected chi connectivity index (χ2v) is 6.42. The van der Waals surface area contributed by atoms with E-state index in [0.717, 1.165) is 25.2 Å². The molecule has 20 heavy (non-hydrogen) atoms. The van der Waals surface area contributed by atoms with Crippen LogP contribution < -0.4 is 5.73 Å². The lowest BCUT2D eigenvalue weighted by Crippen LogP contribution is -2.38. The number of hydrogen-bond donors (Lipinski definition) is 2. The summed E-state index contributed by atoms with van der Waals surface area (Å²) in [6, 6.07) is 10.2. The molecule has 3 nitrogen and oxygen atoms in total. The lowest BCUT2D eigenvalue weighted by molar-refractivity contribution is 0.217. The van der Waals surface area contributed by atoms with Gasteiger partial charge in [0, 0.05) is 19.6 Å². The van der Waals surface area contributed by atoms with Crippen LogP contribution in [0.5, 0.6) is 0 Å². The summed E-state index contributed by atoms with van der Waals surface area (Å²) >= 11 is 0. The quantitative estimate of drug-likeness (QED) is 0.565. The molecule has 3 N–H and O–H groups in total. The molecule has 0 spiro atoms. The van der Waals surface area contributed by atoms with Gasteiger partial charge in [0.25, 0.3) is 0 Å². The highest BCUT2D eigenvalue weighted by Gasteiger charge is 2.20. The zero-order chi connectivity index (χ0) is 15.1. The van der Waals surface area contributed by atoms with Crippen molar-refractivity contribution in [3.05, 3.63) is 35.9 Å². The van der Waals surface area contributed by atoms with Gasteiger partial charge in [0.2, 0.25) is 0 Å². The SMILES string of the molecule is CC(C)CN(CC(C)C)CC(C(=N)N)c1ccccc1. The lowest BCUT2D eigenvalue weighted by atomic mass is 9.96. The van der Waals surface area contributed by atoms with Crippen LogP contribution in [0.2, 0.25) is 0 Å². The molecule has 112 valence electrons. The van der Waals surface area contributed by atoms with E-state index in [1.807, 2.05) is 18.2 Å². The molecule has 0 aliphatic heterocycles. The number of nitrogens with zero attached hydrogens (tertiary/aromatic N) is 1. The number of benzene rings is 1. The summed E-state index contributed by atoms with van der Waals surface area (Å²) in [6.07, 6.45) is 0. The van der Waals surface area contributed by atoms with Crippen LogP contribution in [0.4, 0.5) is 0 Å². The molecular formula is C17H29N3. The fourth-order valence-electron chi connectivity index (χ4n) is 2.58. The molecule has 3 heteroatoms. The Labute approximate surface area is 123 Å². The third-order valence-corrected chi connectivity index (χ3v) is 3.26. The van der Waals surface area contributed by atoms with Crippen molar-refractivity contribution in [1.29, 1.82) is 5.41 Å². The van der Waals surface area contributed by atoms with Gasteiger partial charge < -0.3 is 10.6 Å². The molecule has 1 aromatic carbocycles. The van der Waals surface area contributed by atoms with Crippen LogP contribution >= 0.6 is 0 Å². The first-order valence-electron chi connectivity index (χ1n) is 7.51. The number of nitrogens with one attached hydrogen (secondary N) is 1. The van der Waals surface area contributed by atoms with Crippen LogP contribution in [0.25, 0.3) is 0 Å². The van der Waals surface area contributed by atoms with Crippen LogP contribution in [0.15, 0.2) is 30.3 Å². The Kier molecular flexibility index (Phi) is 6.73. The van der Waals surface area contributed by atoms with E-state index in [1.165, 1.54) is 0 Å². The average Bonchev–Trinajstić information content (AvgIpc) is 2.35. The van der Waals surface area contributed by atoms with E-state index in [9.17, 15) is 0 Å². The monoisotopic (exact) mass is 275 g/mol. The summed E-state index contributed by atoms with van der Waals surface area (Å²) in [6.45, 7) is 11.9. The Morgan fingerprint density at radius 3 is 1.90 bits per heavy atom. The molecule has 0 bridgehead atoms. The van der Waals surface area contributed by atoms with Gasteiger partial charge in [-0.15, -0.1) is 0 Å². The number of hydrogen-bond acceptors (Lipinski definition) is 2. The van der Waals surface area contributed by atoms with E-state index in [0.29, 0.717) is 11.8 Å². The van der Waals surface area contributed by atoms with Gasteiger partial charge in [-0.3, -0.25) is 5.41 Å². The maximum absolute atomic E-state index is 7.90. The van der Waals surface area contributed by atoms with Crippen molar-refractivity contribution in [3.8, 4) is 0 Å². The zero-order valence-corrected chi connectivity index (χ0v) is 13.3. The van der Waals surface area contributed by atoms with Crippen molar-refractivity contribution in [2.75, 3.05) is 19.6 Å². The van der Waals surface area contributed by atoms with E-state index in [1.54, 1.807) is 0 Å². The molecule has 0 fully saturated rings. The largest absolute Gasteiger partial charge is 0.387 e. The predicted molar refractivity (Wildman–Crippen MR) is 87.2 cm³/mol. The molecule has 1 rings (SSSR count). The van der Waals surface area contributed by atoms with Crippen LogP contribution in [-0.2, 0) is 0 Å². The Morgan fingerprint density at radius 1 is 1.00 bits per heavy atom. The smallest absolute Gasteiger partial charge is 0.0995 e. The van der Waals surface area contributed by atoms with Gasteiger partial charge in [-0.1, -0.05) is 58.0 Å².